The minimum Gasteiger partial charge on any atom is -0.486 e. The molecule has 7 heteroatoms. The van der Waals surface area contributed by atoms with Crippen LogP contribution in [0.3, 0.4) is 0 Å². The van der Waals surface area contributed by atoms with Gasteiger partial charge in [0.05, 0.1) is 6.54 Å². The Kier molecular flexibility index (Phi) is 5.52. The zero-order chi connectivity index (χ0) is 21.1. The number of carbonyl (C=O) groups is 1. The summed E-state index contributed by atoms with van der Waals surface area (Å²) in [5, 5.41) is 2.82. The molecule has 154 valence electrons. The number of amides is 1. The second kappa shape index (κ2) is 8.41. The van der Waals surface area contributed by atoms with Gasteiger partial charge in [0.2, 0.25) is 0 Å². The van der Waals surface area contributed by atoms with Gasteiger partial charge in [-0.1, -0.05) is 12.1 Å². The Bertz CT molecular complexity index is 1130. The summed E-state index contributed by atoms with van der Waals surface area (Å²) >= 11 is 0. The number of aryl methyl sites for hydroxylation is 1. The van der Waals surface area contributed by atoms with Gasteiger partial charge >= 0.3 is 0 Å². The van der Waals surface area contributed by atoms with Gasteiger partial charge in [-0.15, -0.1) is 0 Å². The van der Waals surface area contributed by atoms with Crippen LogP contribution in [-0.4, -0.2) is 28.2 Å². The second-order valence-corrected chi connectivity index (χ2v) is 7.26. The smallest absolute Gasteiger partial charge is 0.257 e. The summed E-state index contributed by atoms with van der Waals surface area (Å²) in [6.07, 6.45) is 3.10. The lowest BCUT2D eigenvalue weighted by Crippen LogP contribution is -2.36. The van der Waals surface area contributed by atoms with E-state index in [0.29, 0.717) is 31.1 Å². The summed E-state index contributed by atoms with van der Waals surface area (Å²) < 4.78 is 13.8. The topological polar surface area (TPSA) is 82.5 Å². The number of carbonyl (C=O) groups excluding carboxylic acids is 1. The maximum Gasteiger partial charge on any atom is 0.257 e. The fourth-order valence-corrected chi connectivity index (χ4v) is 3.60. The van der Waals surface area contributed by atoms with E-state index in [1.54, 1.807) is 19.3 Å². The largest absolute Gasteiger partial charge is 0.486 e. The Balaban J connectivity index is 1.54. The quantitative estimate of drug-likeness (QED) is 0.706. The molecule has 1 amide bonds. The van der Waals surface area contributed by atoms with E-state index in [1.165, 1.54) is 6.07 Å². The van der Waals surface area contributed by atoms with Crippen molar-refractivity contribution in [2.75, 3.05) is 6.61 Å². The molecule has 1 atom stereocenters. The number of nitrogens with zero attached hydrogens (tertiary/aromatic N) is 2. The summed E-state index contributed by atoms with van der Waals surface area (Å²) in [6.45, 7) is 4.82. The van der Waals surface area contributed by atoms with Crippen LogP contribution in [0.25, 0.3) is 0 Å². The van der Waals surface area contributed by atoms with Crippen molar-refractivity contribution in [2.24, 2.45) is 0 Å². The van der Waals surface area contributed by atoms with Crippen molar-refractivity contribution in [1.29, 1.82) is 0 Å². The lowest BCUT2D eigenvalue weighted by Gasteiger charge is -2.28. The fourth-order valence-electron chi connectivity index (χ4n) is 3.60. The van der Waals surface area contributed by atoms with E-state index in [-0.39, 0.29) is 17.1 Å². The van der Waals surface area contributed by atoms with Gasteiger partial charge in [-0.25, -0.2) is 0 Å². The Morgan fingerprint density at radius 2 is 1.90 bits per heavy atom. The van der Waals surface area contributed by atoms with E-state index >= 15 is 0 Å². The molecule has 0 bridgehead atoms. The molecule has 1 aliphatic heterocycles. The van der Waals surface area contributed by atoms with Crippen LogP contribution >= 0.6 is 0 Å². The average Bonchev–Trinajstić information content (AvgIpc) is 2.75. The van der Waals surface area contributed by atoms with Crippen molar-refractivity contribution in [3.05, 3.63) is 87.6 Å². The van der Waals surface area contributed by atoms with Crippen molar-refractivity contribution >= 4 is 5.91 Å². The van der Waals surface area contributed by atoms with Gasteiger partial charge in [-0.3, -0.25) is 14.6 Å². The molecular formula is C23H23N3O4. The summed E-state index contributed by atoms with van der Waals surface area (Å²) in [4.78, 5) is 29.3. The standard InChI is InChI=1S/C23H23N3O4/c1-15-11-19(27)22(23(28)25-12-17-7-9-24-10-8-17)16(2)26(15)13-18-14-29-20-5-3-4-6-21(20)30-18/h3-11,18H,12-14H2,1-2H3,(H,25,28). The van der Waals surface area contributed by atoms with Crippen LogP contribution in [0, 0.1) is 13.8 Å². The molecule has 2 aromatic heterocycles. The number of hydrogen-bond donors (Lipinski definition) is 1. The van der Waals surface area contributed by atoms with Gasteiger partial charge in [0.15, 0.2) is 23.0 Å². The third-order valence-corrected chi connectivity index (χ3v) is 5.16. The van der Waals surface area contributed by atoms with Crippen molar-refractivity contribution < 1.29 is 14.3 Å². The highest BCUT2D eigenvalue weighted by atomic mass is 16.6. The molecule has 1 aromatic carbocycles. The third-order valence-electron chi connectivity index (χ3n) is 5.16. The lowest BCUT2D eigenvalue weighted by molar-refractivity contribution is 0.0773. The van der Waals surface area contributed by atoms with Crippen LogP contribution in [0.15, 0.2) is 59.7 Å². The first-order valence-electron chi connectivity index (χ1n) is 9.79. The zero-order valence-electron chi connectivity index (χ0n) is 16.9. The summed E-state index contributed by atoms with van der Waals surface area (Å²) in [7, 11) is 0. The van der Waals surface area contributed by atoms with E-state index in [0.717, 1.165) is 17.0 Å². The average molecular weight is 405 g/mol. The number of hydrogen-bond acceptors (Lipinski definition) is 5. The van der Waals surface area contributed by atoms with Crippen molar-refractivity contribution in [3.63, 3.8) is 0 Å². The number of benzene rings is 1. The zero-order valence-corrected chi connectivity index (χ0v) is 16.9. The number of para-hydroxylation sites is 2. The van der Waals surface area contributed by atoms with E-state index in [1.807, 2.05) is 47.9 Å². The summed E-state index contributed by atoms with van der Waals surface area (Å²) in [6, 6.07) is 12.7. The maximum atomic E-state index is 12.8. The van der Waals surface area contributed by atoms with Gasteiger partial charge in [-0.2, -0.15) is 0 Å². The van der Waals surface area contributed by atoms with Crippen LogP contribution in [0.1, 0.15) is 27.3 Å². The molecular weight excluding hydrogens is 382 g/mol. The molecule has 0 fully saturated rings. The highest BCUT2D eigenvalue weighted by molar-refractivity contribution is 5.95. The first-order valence-corrected chi connectivity index (χ1v) is 9.79. The highest BCUT2D eigenvalue weighted by Gasteiger charge is 2.24. The second-order valence-electron chi connectivity index (χ2n) is 7.26. The fraction of sp³-hybridized carbons (Fsp3) is 0.261. The predicted octanol–water partition coefficient (Wildman–Crippen LogP) is 2.63. The molecule has 0 aliphatic carbocycles. The van der Waals surface area contributed by atoms with Gasteiger partial charge in [0.1, 0.15) is 12.2 Å². The van der Waals surface area contributed by atoms with Gasteiger partial charge in [-0.05, 0) is 43.7 Å². The highest BCUT2D eigenvalue weighted by Crippen LogP contribution is 2.31. The molecule has 3 heterocycles. The van der Waals surface area contributed by atoms with Crippen molar-refractivity contribution in [3.8, 4) is 11.5 Å². The van der Waals surface area contributed by atoms with Gasteiger partial charge in [0.25, 0.3) is 5.91 Å². The first kappa shape index (κ1) is 19.7. The molecule has 0 saturated heterocycles. The van der Waals surface area contributed by atoms with Gasteiger partial charge < -0.3 is 19.4 Å². The van der Waals surface area contributed by atoms with Crippen LogP contribution in [0.2, 0.25) is 0 Å². The maximum absolute atomic E-state index is 12.8. The molecule has 4 rings (SSSR count). The molecule has 1 N–H and O–H groups in total. The molecule has 7 nitrogen and oxygen atoms in total. The van der Waals surface area contributed by atoms with Crippen molar-refractivity contribution in [2.45, 2.75) is 33.0 Å². The SMILES string of the molecule is Cc1cc(=O)c(C(=O)NCc2ccncc2)c(C)n1CC1COc2ccccc2O1. The molecule has 1 aliphatic rings. The summed E-state index contributed by atoms with van der Waals surface area (Å²) in [5.41, 5.74) is 2.14. The number of pyridine rings is 2. The van der Waals surface area contributed by atoms with Crippen LogP contribution < -0.4 is 20.2 Å². The summed E-state index contributed by atoms with van der Waals surface area (Å²) in [5.74, 6) is 1.02. The van der Waals surface area contributed by atoms with E-state index in [4.69, 9.17) is 9.47 Å². The molecule has 0 spiro atoms. The number of ether oxygens (including phenoxy) is 2. The minimum absolute atomic E-state index is 0.145. The number of nitrogens with one attached hydrogen (secondary N) is 1. The Hall–Kier alpha value is -3.61. The normalized spacial score (nSPS) is 14.9. The lowest BCUT2D eigenvalue weighted by atomic mass is 10.1. The van der Waals surface area contributed by atoms with Crippen LogP contribution in [-0.2, 0) is 13.1 Å². The third kappa shape index (κ3) is 4.05. The van der Waals surface area contributed by atoms with Crippen LogP contribution in [0.4, 0.5) is 0 Å². The monoisotopic (exact) mass is 405 g/mol. The Morgan fingerprint density at radius 1 is 1.17 bits per heavy atom. The molecule has 30 heavy (non-hydrogen) atoms. The first-order chi connectivity index (χ1) is 14.5. The van der Waals surface area contributed by atoms with E-state index in [2.05, 4.69) is 10.3 Å². The minimum atomic E-state index is -0.394. The Morgan fingerprint density at radius 3 is 2.67 bits per heavy atom. The molecule has 1 unspecified atom stereocenters. The molecule has 0 saturated carbocycles. The van der Waals surface area contributed by atoms with E-state index < -0.39 is 5.91 Å². The predicted molar refractivity (Wildman–Crippen MR) is 112 cm³/mol. The van der Waals surface area contributed by atoms with E-state index in [9.17, 15) is 9.59 Å². The number of rotatable bonds is 5. The number of fused-ring (bicyclic) bond motifs is 1. The number of aromatic nitrogens is 2. The van der Waals surface area contributed by atoms with Crippen LogP contribution in [0.5, 0.6) is 11.5 Å². The molecule has 3 aromatic rings. The van der Waals surface area contributed by atoms with Gasteiger partial charge in [0, 0.05) is 36.4 Å². The molecule has 0 radical (unpaired) electrons. The Labute approximate surface area is 174 Å². The van der Waals surface area contributed by atoms with Crippen molar-refractivity contribution in [1.82, 2.24) is 14.9 Å².